The highest BCUT2D eigenvalue weighted by Gasteiger charge is 2.07. The Hall–Kier alpha value is -2.88. The van der Waals surface area contributed by atoms with Gasteiger partial charge in [-0.2, -0.15) is 0 Å². The Morgan fingerprint density at radius 3 is 2.09 bits per heavy atom. The van der Waals surface area contributed by atoms with Crippen molar-refractivity contribution in [3.05, 3.63) is 71.3 Å². The molecule has 4 heteroatoms. The van der Waals surface area contributed by atoms with E-state index >= 15 is 0 Å². The van der Waals surface area contributed by atoms with Crippen molar-refractivity contribution in [2.45, 2.75) is 78.1 Å². The average molecular weight is 451 g/mol. The molecule has 0 saturated carbocycles. The van der Waals surface area contributed by atoms with Gasteiger partial charge >= 0.3 is 11.9 Å². The van der Waals surface area contributed by atoms with Gasteiger partial charge in [0.05, 0.1) is 12.2 Å². The molecule has 0 amide bonds. The first-order valence-electron chi connectivity index (χ1n) is 12.4. The lowest BCUT2D eigenvalue weighted by atomic mass is 10.1. The van der Waals surface area contributed by atoms with Gasteiger partial charge in [0, 0.05) is 6.08 Å². The Morgan fingerprint density at radius 2 is 1.39 bits per heavy atom. The topological polar surface area (TPSA) is 52.6 Å². The maximum Gasteiger partial charge on any atom is 0.338 e. The third-order valence-corrected chi connectivity index (χ3v) is 5.50. The maximum atomic E-state index is 12.1. The van der Waals surface area contributed by atoms with Crippen molar-refractivity contribution in [2.24, 2.45) is 0 Å². The summed E-state index contributed by atoms with van der Waals surface area (Å²) in [6, 6.07) is 14.7. The highest BCUT2D eigenvalue weighted by molar-refractivity contribution is 5.91. The second-order valence-corrected chi connectivity index (χ2v) is 8.38. The second kappa shape index (κ2) is 15.8. The fourth-order valence-electron chi connectivity index (χ4n) is 3.48. The molecule has 4 nitrogen and oxygen atoms in total. The lowest BCUT2D eigenvalue weighted by molar-refractivity contribution is -0.128. The summed E-state index contributed by atoms with van der Waals surface area (Å²) in [6.45, 7) is 4.85. The molecule has 0 atom stereocenters. The van der Waals surface area contributed by atoms with E-state index in [0.29, 0.717) is 17.9 Å². The number of unbranched alkanes of at least 4 members (excludes halogenated alkanes) is 7. The number of rotatable bonds is 15. The Labute approximate surface area is 199 Å². The molecule has 0 fully saturated rings. The summed E-state index contributed by atoms with van der Waals surface area (Å²) in [5.74, 6) is -0.208. The van der Waals surface area contributed by atoms with Gasteiger partial charge in [-0.05, 0) is 60.7 Å². The Morgan fingerprint density at radius 1 is 0.758 bits per heavy atom. The number of carbonyl (C=O) groups is 2. The van der Waals surface area contributed by atoms with Crippen LogP contribution in [0.2, 0.25) is 0 Å². The van der Waals surface area contributed by atoms with Gasteiger partial charge in [0.1, 0.15) is 5.75 Å². The maximum absolute atomic E-state index is 12.1. The summed E-state index contributed by atoms with van der Waals surface area (Å²) in [5.41, 5.74) is 2.58. The minimum atomic E-state index is -0.434. The molecule has 0 bridgehead atoms. The fraction of sp³-hybridized carbons (Fsp3) is 0.448. The van der Waals surface area contributed by atoms with Crippen LogP contribution in [-0.2, 0) is 16.0 Å². The third-order valence-electron chi connectivity index (χ3n) is 5.50. The van der Waals surface area contributed by atoms with Gasteiger partial charge < -0.3 is 9.47 Å². The van der Waals surface area contributed by atoms with E-state index in [9.17, 15) is 9.59 Å². The number of esters is 2. The van der Waals surface area contributed by atoms with Crippen LogP contribution in [0.1, 0.15) is 93.1 Å². The number of carbonyl (C=O) groups excluding carboxylic acids is 2. The summed E-state index contributed by atoms with van der Waals surface area (Å²) in [4.78, 5) is 24.2. The van der Waals surface area contributed by atoms with E-state index in [2.05, 4.69) is 13.8 Å². The predicted molar refractivity (Wildman–Crippen MR) is 134 cm³/mol. The van der Waals surface area contributed by atoms with Gasteiger partial charge in [0.15, 0.2) is 0 Å². The standard InChI is InChI=1S/C29H38O4/c1-3-5-7-8-9-11-23-32-29(31)26-18-13-25(14-19-26)17-22-28(30)33-27-20-15-24(16-21-27)12-10-6-4-2/h13-22H,3-12,23H2,1-2H3. The van der Waals surface area contributed by atoms with Gasteiger partial charge in [-0.15, -0.1) is 0 Å². The van der Waals surface area contributed by atoms with E-state index in [1.807, 2.05) is 24.3 Å². The van der Waals surface area contributed by atoms with Crippen LogP contribution >= 0.6 is 0 Å². The number of ether oxygens (including phenoxy) is 2. The molecular formula is C29H38O4. The van der Waals surface area contributed by atoms with Gasteiger partial charge in [0.2, 0.25) is 0 Å². The lowest BCUT2D eigenvalue weighted by Gasteiger charge is -2.05. The minimum Gasteiger partial charge on any atom is -0.462 e. The zero-order chi connectivity index (χ0) is 23.7. The second-order valence-electron chi connectivity index (χ2n) is 8.38. The van der Waals surface area contributed by atoms with Crippen molar-refractivity contribution in [1.29, 1.82) is 0 Å². The number of hydrogen-bond donors (Lipinski definition) is 0. The predicted octanol–water partition coefficient (Wildman–Crippen LogP) is 7.56. The van der Waals surface area contributed by atoms with Crippen LogP contribution in [-0.4, -0.2) is 18.5 Å². The summed E-state index contributed by atoms with van der Waals surface area (Å²) >= 11 is 0. The molecule has 178 valence electrons. The molecule has 2 aromatic rings. The quantitative estimate of drug-likeness (QED) is 0.122. The first-order chi connectivity index (χ1) is 16.1. The zero-order valence-electron chi connectivity index (χ0n) is 20.2. The molecule has 0 radical (unpaired) electrons. The van der Waals surface area contributed by atoms with E-state index < -0.39 is 5.97 Å². The van der Waals surface area contributed by atoms with Crippen LogP contribution in [0.25, 0.3) is 6.08 Å². The average Bonchev–Trinajstić information content (AvgIpc) is 2.83. The van der Waals surface area contributed by atoms with E-state index in [0.717, 1.165) is 24.8 Å². The SMILES string of the molecule is CCCCCCCCOC(=O)c1ccc(C=CC(=O)Oc2ccc(CCCCC)cc2)cc1. The molecule has 2 aromatic carbocycles. The Kier molecular flexibility index (Phi) is 12.7. The highest BCUT2D eigenvalue weighted by atomic mass is 16.5. The zero-order valence-corrected chi connectivity index (χ0v) is 20.2. The summed E-state index contributed by atoms with van der Waals surface area (Å²) in [5, 5.41) is 0. The monoisotopic (exact) mass is 450 g/mol. The van der Waals surface area contributed by atoms with Crippen LogP contribution in [0.5, 0.6) is 5.75 Å². The molecule has 0 aliphatic heterocycles. The highest BCUT2D eigenvalue weighted by Crippen LogP contribution is 2.15. The lowest BCUT2D eigenvalue weighted by Crippen LogP contribution is -2.06. The molecule has 0 N–H and O–H groups in total. The van der Waals surface area contributed by atoms with Crippen LogP contribution in [0.3, 0.4) is 0 Å². The van der Waals surface area contributed by atoms with Crippen molar-refractivity contribution in [3.8, 4) is 5.75 Å². The van der Waals surface area contributed by atoms with Crippen molar-refractivity contribution < 1.29 is 19.1 Å². The number of benzene rings is 2. The van der Waals surface area contributed by atoms with Crippen molar-refractivity contribution in [2.75, 3.05) is 6.61 Å². The fourth-order valence-corrected chi connectivity index (χ4v) is 3.48. The molecule has 0 unspecified atom stereocenters. The summed E-state index contributed by atoms with van der Waals surface area (Å²) in [7, 11) is 0. The van der Waals surface area contributed by atoms with E-state index in [4.69, 9.17) is 9.47 Å². The smallest absolute Gasteiger partial charge is 0.338 e. The Balaban J connectivity index is 1.73. The Bertz CT molecular complexity index is 850. The van der Waals surface area contributed by atoms with Gasteiger partial charge in [-0.3, -0.25) is 0 Å². The number of aryl methyl sites for hydroxylation is 1. The number of hydrogen-bond acceptors (Lipinski definition) is 4. The molecule has 0 aliphatic rings. The first kappa shape index (κ1) is 26.4. The van der Waals surface area contributed by atoms with Crippen LogP contribution in [0.15, 0.2) is 54.6 Å². The van der Waals surface area contributed by atoms with Crippen LogP contribution in [0.4, 0.5) is 0 Å². The largest absolute Gasteiger partial charge is 0.462 e. The third kappa shape index (κ3) is 11.0. The molecule has 33 heavy (non-hydrogen) atoms. The molecule has 0 spiro atoms. The first-order valence-corrected chi connectivity index (χ1v) is 12.4. The van der Waals surface area contributed by atoms with Crippen molar-refractivity contribution >= 4 is 18.0 Å². The molecule has 0 aliphatic carbocycles. The summed E-state index contributed by atoms with van der Waals surface area (Å²) < 4.78 is 10.7. The van der Waals surface area contributed by atoms with Crippen molar-refractivity contribution in [3.63, 3.8) is 0 Å². The van der Waals surface area contributed by atoms with Gasteiger partial charge in [0.25, 0.3) is 0 Å². The van der Waals surface area contributed by atoms with Crippen LogP contribution < -0.4 is 4.74 Å². The van der Waals surface area contributed by atoms with E-state index in [-0.39, 0.29) is 5.97 Å². The van der Waals surface area contributed by atoms with Gasteiger partial charge in [-0.25, -0.2) is 9.59 Å². The molecule has 0 heterocycles. The van der Waals surface area contributed by atoms with Crippen molar-refractivity contribution in [1.82, 2.24) is 0 Å². The summed E-state index contributed by atoms with van der Waals surface area (Å²) in [6.07, 6.45) is 14.6. The molecule has 0 saturated heterocycles. The molecular weight excluding hydrogens is 412 g/mol. The minimum absolute atomic E-state index is 0.309. The van der Waals surface area contributed by atoms with E-state index in [1.165, 1.54) is 56.6 Å². The van der Waals surface area contributed by atoms with Gasteiger partial charge in [-0.1, -0.05) is 83.1 Å². The van der Waals surface area contributed by atoms with E-state index in [1.54, 1.807) is 30.3 Å². The molecule has 2 rings (SSSR count). The molecule has 0 aromatic heterocycles. The van der Waals surface area contributed by atoms with Crippen LogP contribution in [0, 0.1) is 0 Å². The normalized spacial score (nSPS) is 11.0.